The summed E-state index contributed by atoms with van der Waals surface area (Å²) < 4.78 is 14.1. The number of anilines is 1. The molecule has 0 bridgehead atoms. The molecule has 0 amide bonds. The first-order valence-electron chi connectivity index (χ1n) is 7.02. The Labute approximate surface area is 128 Å². The molecule has 2 nitrogen and oxygen atoms in total. The van der Waals surface area contributed by atoms with Crippen molar-refractivity contribution in [3.8, 4) is 5.75 Å². The third-order valence-electron chi connectivity index (χ3n) is 4.19. The topological polar surface area (TPSA) is 32.3 Å². The van der Waals surface area contributed by atoms with Crippen molar-refractivity contribution in [1.82, 2.24) is 0 Å². The van der Waals surface area contributed by atoms with Gasteiger partial charge in [-0.15, -0.1) is 0 Å². The Morgan fingerprint density at radius 2 is 2.00 bits per heavy atom. The van der Waals surface area contributed by atoms with Gasteiger partial charge in [-0.2, -0.15) is 0 Å². The maximum atomic E-state index is 14.1. The van der Waals surface area contributed by atoms with Gasteiger partial charge in [-0.3, -0.25) is 0 Å². The molecule has 0 radical (unpaired) electrons. The molecule has 3 rings (SSSR count). The minimum absolute atomic E-state index is 0.0970. The van der Waals surface area contributed by atoms with Gasteiger partial charge in [-0.25, -0.2) is 4.39 Å². The lowest BCUT2D eigenvalue weighted by molar-refractivity contribution is 0.465. The van der Waals surface area contributed by atoms with Crippen molar-refractivity contribution >= 4 is 17.3 Å². The van der Waals surface area contributed by atoms with Crippen LogP contribution in [-0.2, 0) is 0 Å². The van der Waals surface area contributed by atoms with Crippen LogP contribution in [0.15, 0.2) is 30.3 Å². The van der Waals surface area contributed by atoms with Gasteiger partial charge in [-0.05, 0) is 48.6 Å². The normalized spacial score (nSPS) is 20.4. The summed E-state index contributed by atoms with van der Waals surface area (Å²) in [7, 11) is 0. The van der Waals surface area contributed by atoms with Crippen molar-refractivity contribution in [3.05, 3.63) is 57.9 Å². The lowest BCUT2D eigenvalue weighted by atomic mass is 9.97. The fourth-order valence-corrected chi connectivity index (χ4v) is 3.45. The van der Waals surface area contributed by atoms with E-state index in [0.29, 0.717) is 11.6 Å². The van der Waals surface area contributed by atoms with Crippen molar-refractivity contribution in [1.29, 1.82) is 0 Å². The van der Waals surface area contributed by atoms with E-state index < -0.39 is 5.82 Å². The van der Waals surface area contributed by atoms with Gasteiger partial charge in [0, 0.05) is 5.56 Å². The molecule has 1 aliphatic carbocycles. The molecular formula is C17H17ClFNO. The van der Waals surface area contributed by atoms with Crippen LogP contribution in [0.25, 0.3) is 0 Å². The smallest absolute Gasteiger partial charge is 0.164 e. The van der Waals surface area contributed by atoms with Gasteiger partial charge in [0.25, 0.3) is 0 Å². The molecule has 2 aromatic carbocycles. The summed E-state index contributed by atoms with van der Waals surface area (Å²) in [5.41, 5.74) is 3.57. The van der Waals surface area contributed by atoms with Crippen molar-refractivity contribution in [2.24, 2.45) is 0 Å². The molecule has 1 aliphatic rings. The molecule has 4 heteroatoms. The average Bonchev–Trinajstić information content (AvgIpc) is 2.77. The number of rotatable bonds is 2. The van der Waals surface area contributed by atoms with E-state index in [-0.39, 0.29) is 16.8 Å². The minimum Gasteiger partial charge on any atom is -0.508 e. The summed E-state index contributed by atoms with van der Waals surface area (Å²) in [6.07, 6.45) is 0.819. The Hall–Kier alpha value is -1.74. The maximum Gasteiger partial charge on any atom is 0.164 e. The molecule has 0 heterocycles. The summed E-state index contributed by atoms with van der Waals surface area (Å²) in [6, 6.07) is 8.42. The van der Waals surface area contributed by atoms with Gasteiger partial charge in [0.1, 0.15) is 5.75 Å². The second-order valence-electron chi connectivity index (χ2n) is 5.66. The van der Waals surface area contributed by atoms with Gasteiger partial charge >= 0.3 is 0 Å². The van der Waals surface area contributed by atoms with Crippen molar-refractivity contribution < 1.29 is 9.50 Å². The number of phenolic OH excluding ortho intramolecular Hbond substituents is 1. The fraction of sp³-hybridized carbons (Fsp3) is 0.294. The molecule has 2 aromatic rings. The van der Waals surface area contributed by atoms with E-state index in [1.807, 2.05) is 13.0 Å². The van der Waals surface area contributed by atoms with Gasteiger partial charge in [-0.1, -0.05) is 30.7 Å². The molecule has 0 saturated carbocycles. The predicted octanol–water partition coefficient (Wildman–Crippen LogP) is 5.15. The number of phenols is 1. The van der Waals surface area contributed by atoms with E-state index in [2.05, 4.69) is 12.2 Å². The summed E-state index contributed by atoms with van der Waals surface area (Å²) in [6.45, 7) is 4.17. The van der Waals surface area contributed by atoms with Crippen molar-refractivity contribution in [2.75, 3.05) is 5.32 Å². The van der Waals surface area contributed by atoms with E-state index >= 15 is 0 Å². The van der Waals surface area contributed by atoms with Crippen LogP contribution in [0.5, 0.6) is 5.75 Å². The number of hydrogen-bond donors (Lipinski definition) is 2. The zero-order chi connectivity index (χ0) is 15.1. The summed E-state index contributed by atoms with van der Waals surface area (Å²) in [5.74, 6) is 0.138. The van der Waals surface area contributed by atoms with E-state index in [9.17, 15) is 9.50 Å². The Balaban J connectivity index is 2.00. The first-order chi connectivity index (χ1) is 9.99. The standard InChI is InChI=1S/C17H17ClFNO/c1-9-6-7-14(21)16-13(8-10(2)15(9)16)20-12-5-3-4-11(18)17(12)19/h3-7,10,13,20-21H,8H2,1-2H3. The highest BCUT2D eigenvalue weighted by Gasteiger charge is 2.32. The Bertz CT molecular complexity index is 701. The minimum atomic E-state index is -0.451. The summed E-state index contributed by atoms with van der Waals surface area (Å²) in [5, 5.41) is 13.5. The number of nitrogens with one attached hydrogen (secondary N) is 1. The lowest BCUT2D eigenvalue weighted by Crippen LogP contribution is -2.09. The largest absolute Gasteiger partial charge is 0.508 e. The van der Waals surface area contributed by atoms with Crippen molar-refractivity contribution in [3.63, 3.8) is 0 Å². The molecular weight excluding hydrogens is 289 g/mol. The second-order valence-corrected chi connectivity index (χ2v) is 6.07. The molecule has 0 aliphatic heterocycles. The quantitative estimate of drug-likeness (QED) is 0.804. The first kappa shape index (κ1) is 14.2. The monoisotopic (exact) mass is 305 g/mol. The van der Waals surface area contributed by atoms with Crippen LogP contribution in [0, 0.1) is 12.7 Å². The summed E-state index contributed by atoms with van der Waals surface area (Å²) in [4.78, 5) is 0. The van der Waals surface area contributed by atoms with Crippen molar-refractivity contribution in [2.45, 2.75) is 32.2 Å². The number of halogens is 2. The molecule has 0 aromatic heterocycles. The molecule has 2 N–H and O–H groups in total. The van der Waals surface area contributed by atoms with E-state index in [1.54, 1.807) is 18.2 Å². The number of benzene rings is 2. The molecule has 0 saturated heterocycles. The van der Waals surface area contributed by atoms with Crippen LogP contribution in [-0.4, -0.2) is 5.11 Å². The Morgan fingerprint density at radius 1 is 1.24 bits per heavy atom. The predicted molar refractivity (Wildman–Crippen MR) is 83.6 cm³/mol. The first-order valence-corrected chi connectivity index (χ1v) is 7.39. The maximum absolute atomic E-state index is 14.1. The van der Waals surface area contributed by atoms with Crippen LogP contribution in [0.4, 0.5) is 10.1 Å². The number of aromatic hydroxyl groups is 1. The molecule has 2 unspecified atom stereocenters. The fourth-order valence-electron chi connectivity index (χ4n) is 3.28. The molecule has 2 atom stereocenters. The highest BCUT2D eigenvalue weighted by Crippen LogP contribution is 2.47. The molecule has 21 heavy (non-hydrogen) atoms. The third kappa shape index (κ3) is 2.36. The van der Waals surface area contributed by atoms with E-state index in [0.717, 1.165) is 23.1 Å². The molecule has 0 spiro atoms. The zero-order valence-electron chi connectivity index (χ0n) is 12.0. The van der Waals surface area contributed by atoms with E-state index in [4.69, 9.17) is 11.6 Å². The molecule has 110 valence electrons. The Kier molecular flexibility index (Phi) is 3.54. The van der Waals surface area contributed by atoms with Gasteiger partial charge < -0.3 is 10.4 Å². The number of fused-ring (bicyclic) bond motifs is 1. The number of hydrogen-bond acceptors (Lipinski definition) is 2. The van der Waals surface area contributed by atoms with Gasteiger partial charge in [0.2, 0.25) is 0 Å². The molecule has 0 fully saturated rings. The zero-order valence-corrected chi connectivity index (χ0v) is 12.7. The van der Waals surface area contributed by atoms with Crippen LogP contribution < -0.4 is 5.32 Å². The summed E-state index contributed by atoms with van der Waals surface area (Å²) >= 11 is 5.82. The Morgan fingerprint density at radius 3 is 2.76 bits per heavy atom. The highest BCUT2D eigenvalue weighted by atomic mass is 35.5. The lowest BCUT2D eigenvalue weighted by Gasteiger charge is -2.18. The SMILES string of the molecule is Cc1ccc(O)c2c1C(C)CC2Nc1cccc(Cl)c1F. The van der Waals surface area contributed by atoms with E-state index in [1.165, 1.54) is 6.07 Å². The van der Waals surface area contributed by atoms with Crippen LogP contribution >= 0.6 is 11.6 Å². The van der Waals surface area contributed by atoms with Gasteiger partial charge in [0.05, 0.1) is 16.8 Å². The van der Waals surface area contributed by atoms with Gasteiger partial charge in [0.15, 0.2) is 5.82 Å². The highest BCUT2D eigenvalue weighted by molar-refractivity contribution is 6.31. The van der Waals surface area contributed by atoms with Crippen LogP contribution in [0.1, 0.15) is 42.0 Å². The average molecular weight is 306 g/mol. The number of aryl methyl sites for hydroxylation is 1. The third-order valence-corrected chi connectivity index (χ3v) is 4.49. The van der Waals surface area contributed by atoms with Crippen LogP contribution in [0.3, 0.4) is 0 Å². The second kappa shape index (κ2) is 5.23. The van der Waals surface area contributed by atoms with Crippen LogP contribution in [0.2, 0.25) is 5.02 Å².